The molecule has 0 unspecified atom stereocenters. The van der Waals surface area contributed by atoms with Crippen molar-refractivity contribution in [3.63, 3.8) is 0 Å². The highest BCUT2D eigenvalue weighted by atomic mass is 35.5. The van der Waals surface area contributed by atoms with Crippen molar-refractivity contribution in [3.8, 4) is 5.82 Å². The number of nitrogens with one attached hydrogen (secondary N) is 1. The van der Waals surface area contributed by atoms with Crippen LogP contribution in [0.5, 0.6) is 0 Å². The summed E-state index contributed by atoms with van der Waals surface area (Å²) in [5.74, 6) is 0.167. The van der Waals surface area contributed by atoms with Gasteiger partial charge in [-0.05, 0) is 0 Å². The van der Waals surface area contributed by atoms with E-state index in [0.29, 0.717) is 22.7 Å². The van der Waals surface area contributed by atoms with Crippen LogP contribution >= 0.6 is 11.6 Å². The monoisotopic (exact) mass is 307 g/mol. The molecule has 3 heterocycles. The molecule has 0 aliphatic carbocycles. The maximum absolute atomic E-state index is 11.2. The number of aromatic amines is 1. The molecule has 9 nitrogen and oxygen atoms in total. The zero-order valence-corrected chi connectivity index (χ0v) is 11.9. The lowest BCUT2D eigenvalue weighted by Gasteiger charge is -2.01. The summed E-state index contributed by atoms with van der Waals surface area (Å²) in [6.07, 6.45) is 2.76. The Labute approximate surface area is 123 Å². The van der Waals surface area contributed by atoms with E-state index < -0.39 is 4.92 Å². The number of aromatic nitrogens is 6. The van der Waals surface area contributed by atoms with Crippen molar-refractivity contribution in [3.05, 3.63) is 33.6 Å². The Morgan fingerprint density at radius 2 is 2.14 bits per heavy atom. The minimum Gasteiger partial charge on any atom is -0.340 e. The van der Waals surface area contributed by atoms with Crippen LogP contribution in [-0.2, 0) is 0 Å². The molecule has 0 fully saturated rings. The van der Waals surface area contributed by atoms with Crippen LogP contribution in [0.25, 0.3) is 17.0 Å². The molecule has 0 amide bonds. The maximum Gasteiger partial charge on any atom is 0.329 e. The number of nitro groups is 1. The number of hydrogen-bond donors (Lipinski definition) is 1. The van der Waals surface area contributed by atoms with Crippen LogP contribution in [0.3, 0.4) is 0 Å². The fourth-order valence-corrected chi connectivity index (χ4v) is 2.30. The first kappa shape index (κ1) is 13.4. The van der Waals surface area contributed by atoms with Crippen LogP contribution in [0, 0.1) is 10.1 Å². The SMILES string of the molecule is CC(C)c1nn(-c2ncnc3nc[nH]c23)c(Cl)c1[N+](=O)[O-]. The largest absolute Gasteiger partial charge is 0.340 e. The van der Waals surface area contributed by atoms with E-state index in [4.69, 9.17) is 11.6 Å². The van der Waals surface area contributed by atoms with E-state index in [9.17, 15) is 10.1 Å². The second kappa shape index (κ2) is 4.77. The van der Waals surface area contributed by atoms with E-state index in [1.165, 1.54) is 17.3 Å². The van der Waals surface area contributed by atoms with Gasteiger partial charge in [-0.3, -0.25) is 10.1 Å². The number of rotatable bonds is 3. The molecular weight excluding hydrogens is 298 g/mol. The first-order valence-corrected chi connectivity index (χ1v) is 6.45. The Bertz CT molecular complexity index is 838. The summed E-state index contributed by atoms with van der Waals surface area (Å²) >= 11 is 6.13. The number of fused-ring (bicyclic) bond motifs is 1. The summed E-state index contributed by atoms with van der Waals surface area (Å²) in [5.41, 5.74) is 1.03. The molecule has 1 N–H and O–H groups in total. The Balaban J connectivity index is 2.31. The minimum atomic E-state index is -0.535. The summed E-state index contributed by atoms with van der Waals surface area (Å²) in [6.45, 7) is 3.61. The van der Waals surface area contributed by atoms with Crippen molar-refractivity contribution in [2.24, 2.45) is 0 Å². The van der Waals surface area contributed by atoms with Crippen LogP contribution in [-0.4, -0.2) is 34.6 Å². The lowest BCUT2D eigenvalue weighted by atomic mass is 10.1. The smallest absolute Gasteiger partial charge is 0.329 e. The molecule has 0 aliphatic heterocycles. The van der Waals surface area contributed by atoms with Crippen molar-refractivity contribution in [1.82, 2.24) is 29.7 Å². The average molecular weight is 308 g/mol. The maximum atomic E-state index is 11.2. The van der Waals surface area contributed by atoms with E-state index in [1.54, 1.807) is 0 Å². The van der Waals surface area contributed by atoms with Gasteiger partial charge in [-0.15, -0.1) is 0 Å². The summed E-state index contributed by atoms with van der Waals surface area (Å²) < 4.78 is 1.23. The van der Waals surface area contributed by atoms with Crippen LogP contribution < -0.4 is 0 Å². The van der Waals surface area contributed by atoms with Crippen molar-refractivity contribution in [2.75, 3.05) is 0 Å². The Morgan fingerprint density at radius 3 is 2.76 bits per heavy atom. The second-order valence-electron chi connectivity index (χ2n) is 4.65. The van der Waals surface area contributed by atoms with E-state index in [1.807, 2.05) is 13.8 Å². The van der Waals surface area contributed by atoms with Gasteiger partial charge in [-0.1, -0.05) is 25.4 Å². The van der Waals surface area contributed by atoms with Gasteiger partial charge >= 0.3 is 5.69 Å². The number of halogens is 1. The first-order chi connectivity index (χ1) is 10.0. The molecule has 0 saturated heterocycles. The Kier molecular flexibility index (Phi) is 3.05. The van der Waals surface area contributed by atoms with Crippen molar-refractivity contribution in [1.29, 1.82) is 0 Å². The standard InChI is InChI=1S/C11H10ClN7O2/c1-5(2)6-8(19(20)21)9(12)18(17-6)11-7-10(14-3-13-7)15-4-16-11/h3-5H,1-2H3,(H,13,14,15,16). The molecule has 0 spiro atoms. The third-order valence-electron chi connectivity index (χ3n) is 2.96. The topological polar surface area (TPSA) is 115 Å². The van der Waals surface area contributed by atoms with Crippen molar-refractivity contribution >= 4 is 28.5 Å². The first-order valence-electron chi connectivity index (χ1n) is 6.08. The fourth-order valence-electron chi connectivity index (χ4n) is 2.02. The second-order valence-corrected chi connectivity index (χ2v) is 5.00. The molecule has 3 aromatic rings. The summed E-state index contributed by atoms with van der Waals surface area (Å²) in [7, 11) is 0. The van der Waals surface area contributed by atoms with E-state index in [2.05, 4.69) is 25.0 Å². The van der Waals surface area contributed by atoms with Crippen LogP contribution in [0.2, 0.25) is 5.15 Å². The van der Waals surface area contributed by atoms with Crippen LogP contribution in [0.1, 0.15) is 25.5 Å². The van der Waals surface area contributed by atoms with Gasteiger partial charge in [-0.2, -0.15) is 9.78 Å². The van der Waals surface area contributed by atoms with E-state index in [-0.39, 0.29) is 16.8 Å². The molecule has 0 bridgehead atoms. The predicted molar refractivity (Wildman–Crippen MR) is 74.6 cm³/mol. The fraction of sp³-hybridized carbons (Fsp3) is 0.273. The molecule has 0 aliphatic rings. The lowest BCUT2D eigenvalue weighted by Crippen LogP contribution is -2.02. The molecular formula is C11H10ClN7O2. The highest BCUT2D eigenvalue weighted by Crippen LogP contribution is 2.34. The molecule has 3 rings (SSSR count). The van der Waals surface area contributed by atoms with Gasteiger partial charge in [0.25, 0.3) is 0 Å². The van der Waals surface area contributed by atoms with Gasteiger partial charge in [0.1, 0.15) is 17.5 Å². The molecule has 0 atom stereocenters. The summed E-state index contributed by atoms with van der Waals surface area (Å²) in [6, 6.07) is 0. The third kappa shape index (κ3) is 2.02. The number of nitrogens with zero attached hydrogens (tertiary/aromatic N) is 6. The zero-order chi connectivity index (χ0) is 15.1. The Hall–Kier alpha value is -2.55. The quantitative estimate of drug-likeness (QED) is 0.586. The number of H-pyrrole nitrogens is 1. The average Bonchev–Trinajstić information content (AvgIpc) is 3.02. The molecule has 3 aromatic heterocycles. The molecule has 0 saturated carbocycles. The lowest BCUT2D eigenvalue weighted by molar-refractivity contribution is -0.385. The van der Waals surface area contributed by atoms with Gasteiger partial charge in [0.15, 0.2) is 11.5 Å². The van der Waals surface area contributed by atoms with Gasteiger partial charge in [0.05, 0.1) is 11.3 Å². The highest BCUT2D eigenvalue weighted by molar-refractivity contribution is 6.32. The van der Waals surface area contributed by atoms with Crippen LogP contribution in [0.4, 0.5) is 5.69 Å². The number of hydrogen-bond acceptors (Lipinski definition) is 6. The summed E-state index contributed by atoms with van der Waals surface area (Å²) in [5, 5.41) is 15.4. The van der Waals surface area contributed by atoms with E-state index in [0.717, 1.165) is 0 Å². The minimum absolute atomic E-state index is 0.0988. The molecule has 0 radical (unpaired) electrons. The van der Waals surface area contributed by atoms with E-state index >= 15 is 0 Å². The normalized spacial score (nSPS) is 11.4. The van der Waals surface area contributed by atoms with Crippen molar-refractivity contribution < 1.29 is 4.92 Å². The third-order valence-corrected chi connectivity index (χ3v) is 3.30. The molecule has 0 aromatic carbocycles. The van der Waals surface area contributed by atoms with Crippen molar-refractivity contribution in [2.45, 2.75) is 19.8 Å². The number of imidazole rings is 1. The highest BCUT2D eigenvalue weighted by Gasteiger charge is 2.30. The predicted octanol–water partition coefficient (Wildman–Crippen LogP) is 2.22. The summed E-state index contributed by atoms with van der Waals surface area (Å²) in [4.78, 5) is 25.6. The Morgan fingerprint density at radius 1 is 1.38 bits per heavy atom. The zero-order valence-electron chi connectivity index (χ0n) is 11.1. The molecule has 108 valence electrons. The van der Waals surface area contributed by atoms with Gasteiger partial charge < -0.3 is 4.98 Å². The molecule has 21 heavy (non-hydrogen) atoms. The van der Waals surface area contributed by atoms with Gasteiger partial charge in [-0.25, -0.2) is 15.0 Å². The van der Waals surface area contributed by atoms with Gasteiger partial charge in [0.2, 0.25) is 5.15 Å². The molecule has 10 heteroatoms. The van der Waals surface area contributed by atoms with Crippen LogP contribution in [0.15, 0.2) is 12.7 Å². The van der Waals surface area contributed by atoms with Gasteiger partial charge in [0, 0.05) is 5.92 Å².